The van der Waals surface area contributed by atoms with E-state index in [1.165, 1.54) is 0 Å². The van der Waals surface area contributed by atoms with Crippen molar-refractivity contribution in [2.45, 2.75) is 44.8 Å². The molecule has 162 valence electrons. The zero-order valence-electron chi connectivity index (χ0n) is 18.2. The summed E-state index contributed by atoms with van der Waals surface area (Å²) in [5.74, 6) is -0.0206. The molecule has 2 aliphatic rings. The third kappa shape index (κ3) is 4.15. The molecule has 0 aromatic heterocycles. The van der Waals surface area contributed by atoms with Gasteiger partial charge in [0.05, 0.1) is 6.04 Å². The second-order valence-electron chi connectivity index (χ2n) is 8.94. The van der Waals surface area contributed by atoms with E-state index >= 15 is 0 Å². The van der Waals surface area contributed by atoms with Crippen molar-refractivity contribution in [1.29, 1.82) is 0 Å². The largest absolute Gasteiger partial charge is 0.446 e. The minimum absolute atomic E-state index is 0.0822. The summed E-state index contributed by atoms with van der Waals surface area (Å²) in [6.07, 6.45) is 1.68. The third-order valence-electron chi connectivity index (χ3n) is 6.21. The van der Waals surface area contributed by atoms with E-state index in [1.54, 1.807) is 4.90 Å². The summed E-state index contributed by atoms with van der Waals surface area (Å²) >= 11 is 0. The molecule has 2 aromatic carbocycles. The van der Waals surface area contributed by atoms with Crippen LogP contribution in [0.1, 0.15) is 37.8 Å². The topological polar surface area (TPSA) is 72.6 Å². The van der Waals surface area contributed by atoms with Gasteiger partial charge in [0.1, 0.15) is 0 Å². The molecule has 0 radical (unpaired) electrons. The Hall–Kier alpha value is -2.92. The molecule has 5 nitrogen and oxygen atoms in total. The van der Waals surface area contributed by atoms with Gasteiger partial charge < -0.3 is 15.4 Å². The molecule has 2 heterocycles. The minimum Gasteiger partial charge on any atom is -0.446 e. The van der Waals surface area contributed by atoms with Crippen LogP contribution >= 0.6 is 0 Å². The average Bonchev–Trinajstić information content (AvgIpc) is 3.06. The van der Waals surface area contributed by atoms with Gasteiger partial charge in [-0.3, -0.25) is 4.79 Å². The molecule has 0 aliphatic carbocycles. The van der Waals surface area contributed by atoms with Crippen LogP contribution in [0.25, 0.3) is 0 Å². The molecule has 2 aliphatic heterocycles. The molecule has 31 heavy (non-hydrogen) atoms. The maximum atomic E-state index is 13.2. The van der Waals surface area contributed by atoms with Crippen molar-refractivity contribution < 1.29 is 14.3 Å². The Bertz CT molecular complexity index is 984. The Labute approximate surface area is 183 Å². The highest BCUT2D eigenvalue weighted by molar-refractivity contribution is 5.94. The van der Waals surface area contributed by atoms with Crippen molar-refractivity contribution in [2.24, 2.45) is 11.7 Å². The summed E-state index contributed by atoms with van der Waals surface area (Å²) in [7, 11) is 0. The molecule has 0 saturated heterocycles. The highest BCUT2D eigenvalue weighted by Crippen LogP contribution is 2.48. The van der Waals surface area contributed by atoms with Gasteiger partial charge in [0.25, 0.3) is 0 Å². The molecule has 0 saturated carbocycles. The first-order chi connectivity index (χ1) is 14.9. The van der Waals surface area contributed by atoms with Gasteiger partial charge >= 0.3 is 5.97 Å². The van der Waals surface area contributed by atoms with Gasteiger partial charge in [-0.2, -0.15) is 0 Å². The second-order valence-corrected chi connectivity index (χ2v) is 8.94. The van der Waals surface area contributed by atoms with E-state index < -0.39 is 11.6 Å². The number of hydrogen-bond donors (Lipinski definition) is 1. The Balaban J connectivity index is 1.61. The van der Waals surface area contributed by atoms with Crippen molar-refractivity contribution in [1.82, 2.24) is 4.90 Å². The number of nitrogens with zero attached hydrogens (tertiary/aromatic N) is 1. The lowest BCUT2D eigenvalue weighted by Crippen LogP contribution is -2.49. The lowest BCUT2D eigenvalue weighted by atomic mass is 9.77. The SMILES string of the molecule is CC(C)CC1(c2ccccc2)OC(=O)C2=C1CN(C(=O)[C@@H](N)Cc1ccccc1)CC2. The maximum Gasteiger partial charge on any atom is 0.335 e. The monoisotopic (exact) mass is 418 g/mol. The van der Waals surface area contributed by atoms with E-state index in [9.17, 15) is 9.59 Å². The molecule has 5 heteroatoms. The predicted octanol–water partition coefficient (Wildman–Crippen LogP) is 3.58. The minimum atomic E-state index is -0.815. The van der Waals surface area contributed by atoms with E-state index in [1.807, 2.05) is 60.7 Å². The molecular weight excluding hydrogens is 388 g/mol. The van der Waals surface area contributed by atoms with Crippen LogP contribution in [0.2, 0.25) is 0 Å². The number of esters is 1. The number of amides is 1. The summed E-state index contributed by atoms with van der Waals surface area (Å²) < 4.78 is 6.09. The fourth-order valence-corrected chi connectivity index (χ4v) is 4.82. The summed E-state index contributed by atoms with van der Waals surface area (Å²) in [6.45, 7) is 5.11. The van der Waals surface area contributed by atoms with E-state index in [4.69, 9.17) is 10.5 Å². The summed E-state index contributed by atoms with van der Waals surface area (Å²) in [5, 5.41) is 0. The van der Waals surface area contributed by atoms with Crippen LogP contribution in [0.4, 0.5) is 0 Å². The van der Waals surface area contributed by atoms with E-state index in [0.717, 1.165) is 22.3 Å². The zero-order valence-corrected chi connectivity index (χ0v) is 18.2. The van der Waals surface area contributed by atoms with Crippen LogP contribution < -0.4 is 5.73 Å². The average molecular weight is 419 g/mol. The van der Waals surface area contributed by atoms with Crippen molar-refractivity contribution in [3.05, 3.63) is 82.9 Å². The van der Waals surface area contributed by atoms with E-state index in [0.29, 0.717) is 38.3 Å². The van der Waals surface area contributed by atoms with Gasteiger partial charge in [0, 0.05) is 24.2 Å². The number of benzene rings is 2. The number of ether oxygens (including phenoxy) is 1. The quantitative estimate of drug-likeness (QED) is 0.728. The second kappa shape index (κ2) is 8.67. The number of cyclic esters (lactones) is 1. The van der Waals surface area contributed by atoms with Gasteiger partial charge in [-0.05, 0) is 36.3 Å². The van der Waals surface area contributed by atoms with Gasteiger partial charge in [-0.25, -0.2) is 4.79 Å². The lowest BCUT2D eigenvalue weighted by molar-refractivity contribution is -0.149. The summed E-state index contributed by atoms with van der Waals surface area (Å²) in [5.41, 5.74) is 9.13. The van der Waals surface area contributed by atoms with Crippen LogP contribution in [-0.4, -0.2) is 35.9 Å². The van der Waals surface area contributed by atoms with Gasteiger partial charge in [-0.1, -0.05) is 74.5 Å². The zero-order chi connectivity index (χ0) is 22.0. The smallest absolute Gasteiger partial charge is 0.335 e. The fourth-order valence-electron chi connectivity index (χ4n) is 4.82. The molecule has 0 spiro atoms. The Morgan fingerprint density at radius 2 is 1.74 bits per heavy atom. The Kier molecular flexibility index (Phi) is 5.96. The number of rotatable bonds is 6. The number of carbonyl (C=O) groups is 2. The molecule has 2 atom stereocenters. The number of hydrogen-bond acceptors (Lipinski definition) is 4. The maximum absolute atomic E-state index is 13.2. The fraction of sp³-hybridized carbons (Fsp3) is 0.385. The van der Waals surface area contributed by atoms with Crippen molar-refractivity contribution >= 4 is 11.9 Å². The van der Waals surface area contributed by atoms with Crippen molar-refractivity contribution in [3.8, 4) is 0 Å². The summed E-state index contributed by atoms with van der Waals surface area (Å²) in [4.78, 5) is 27.8. The van der Waals surface area contributed by atoms with Crippen LogP contribution in [0, 0.1) is 5.92 Å². The highest BCUT2D eigenvalue weighted by Gasteiger charge is 2.51. The first-order valence-electron chi connectivity index (χ1n) is 11.0. The Morgan fingerprint density at radius 3 is 2.39 bits per heavy atom. The predicted molar refractivity (Wildman–Crippen MR) is 120 cm³/mol. The van der Waals surface area contributed by atoms with Gasteiger partial charge in [0.2, 0.25) is 5.91 Å². The van der Waals surface area contributed by atoms with E-state index in [2.05, 4.69) is 13.8 Å². The lowest BCUT2D eigenvalue weighted by Gasteiger charge is -2.37. The highest BCUT2D eigenvalue weighted by atomic mass is 16.6. The van der Waals surface area contributed by atoms with Crippen LogP contribution in [0.5, 0.6) is 0 Å². The first kappa shape index (κ1) is 21.3. The molecule has 1 amide bonds. The van der Waals surface area contributed by atoms with E-state index in [-0.39, 0.29) is 11.9 Å². The number of carbonyl (C=O) groups excluding carboxylic acids is 2. The molecular formula is C26H30N2O3. The normalized spacial score (nSPS) is 21.8. The molecule has 4 rings (SSSR count). The first-order valence-corrected chi connectivity index (χ1v) is 11.0. The van der Waals surface area contributed by atoms with Crippen LogP contribution in [-0.2, 0) is 26.3 Å². The number of nitrogens with two attached hydrogens (primary N) is 1. The van der Waals surface area contributed by atoms with Crippen molar-refractivity contribution in [2.75, 3.05) is 13.1 Å². The third-order valence-corrected chi connectivity index (χ3v) is 6.21. The molecule has 2 N–H and O–H groups in total. The van der Waals surface area contributed by atoms with Gasteiger partial charge in [-0.15, -0.1) is 0 Å². The van der Waals surface area contributed by atoms with Crippen LogP contribution in [0.15, 0.2) is 71.8 Å². The van der Waals surface area contributed by atoms with Gasteiger partial charge in [0.15, 0.2) is 5.60 Å². The molecule has 0 bridgehead atoms. The molecule has 1 unspecified atom stereocenters. The molecule has 0 fully saturated rings. The molecule has 2 aromatic rings. The van der Waals surface area contributed by atoms with Crippen LogP contribution in [0.3, 0.4) is 0 Å². The Morgan fingerprint density at radius 1 is 1.10 bits per heavy atom. The standard InChI is InChI=1S/C26H30N2O3/c1-18(2)16-26(20-11-7-4-8-12-20)22-17-28(14-13-21(22)25(30)31-26)24(29)23(27)15-19-9-5-3-6-10-19/h3-12,18,23H,13-17,27H2,1-2H3/t23-,26?/m0/s1. The van der Waals surface area contributed by atoms with Crippen molar-refractivity contribution in [3.63, 3.8) is 0 Å². The summed E-state index contributed by atoms with van der Waals surface area (Å²) in [6, 6.07) is 19.1.